The summed E-state index contributed by atoms with van der Waals surface area (Å²) in [6, 6.07) is 7.33. The molecule has 0 aliphatic rings. The Labute approximate surface area is 172 Å². The third-order valence-corrected chi connectivity index (χ3v) is 4.49. The zero-order valence-corrected chi connectivity index (χ0v) is 17.4. The summed E-state index contributed by atoms with van der Waals surface area (Å²) in [5.41, 5.74) is 0.637. The number of amides is 1. The number of benzene rings is 1. The van der Waals surface area contributed by atoms with E-state index in [1.165, 1.54) is 16.3 Å². The van der Waals surface area contributed by atoms with Crippen LogP contribution in [-0.4, -0.2) is 55.9 Å². The highest BCUT2D eigenvalue weighted by Gasteiger charge is 2.14. The molecule has 0 fully saturated rings. The molecule has 3 aromatic rings. The lowest BCUT2D eigenvalue weighted by Crippen LogP contribution is -2.15. The van der Waals surface area contributed by atoms with E-state index in [9.17, 15) is 4.79 Å². The highest BCUT2D eigenvalue weighted by molar-refractivity contribution is 7.99. The number of carbonyl (C=O) groups excluding carboxylic acids is 1. The predicted molar refractivity (Wildman–Crippen MR) is 114 cm³/mol. The maximum absolute atomic E-state index is 12.4. The Morgan fingerprint density at radius 3 is 2.66 bits per heavy atom. The van der Waals surface area contributed by atoms with Crippen LogP contribution in [0.5, 0.6) is 5.75 Å². The van der Waals surface area contributed by atoms with Crippen LogP contribution in [0.25, 0.3) is 5.78 Å². The Morgan fingerprint density at radius 2 is 1.90 bits per heavy atom. The molecule has 0 aliphatic carbocycles. The minimum atomic E-state index is -0.174. The Morgan fingerprint density at radius 1 is 1.10 bits per heavy atom. The van der Waals surface area contributed by atoms with Gasteiger partial charge in [-0.3, -0.25) is 4.79 Å². The molecule has 1 aromatic carbocycles. The quantitative estimate of drug-likeness (QED) is 0.428. The molecule has 0 spiro atoms. The van der Waals surface area contributed by atoms with E-state index in [1.54, 1.807) is 6.07 Å². The van der Waals surface area contributed by atoms with Gasteiger partial charge in [-0.25, -0.2) is 0 Å². The van der Waals surface area contributed by atoms with Gasteiger partial charge in [-0.15, -0.1) is 5.10 Å². The van der Waals surface area contributed by atoms with Gasteiger partial charge >= 0.3 is 0 Å². The van der Waals surface area contributed by atoms with Gasteiger partial charge < -0.3 is 20.7 Å². The summed E-state index contributed by atoms with van der Waals surface area (Å²) in [6.45, 7) is 7.74. The standard InChI is InChI=1S/C18H24N8O2S/c1-4-19-15-22-16(20-5-2)26-17(23-15)24-18(25-26)29-11-14(27)21-12-9-7-8-10-13(12)28-6-3/h7-10H,4-6,11H2,1-3H3,(H,21,27)(H2,19,20,22,23,24,25). The molecule has 0 radical (unpaired) electrons. The Hall–Kier alpha value is -3.08. The first-order valence-electron chi connectivity index (χ1n) is 9.41. The predicted octanol–water partition coefficient (Wildman–Crippen LogP) is 2.51. The fourth-order valence-corrected chi connectivity index (χ4v) is 3.12. The van der Waals surface area contributed by atoms with Gasteiger partial charge in [0.15, 0.2) is 0 Å². The molecule has 1 amide bonds. The van der Waals surface area contributed by atoms with E-state index >= 15 is 0 Å². The summed E-state index contributed by atoms with van der Waals surface area (Å²) in [5.74, 6) is 2.05. The van der Waals surface area contributed by atoms with Crippen LogP contribution in [0.1, 0.15) is 20.8 Å². The van der Waals surface area contributed by atoms with Crippen LogP contribution in [0.3, 0.4) is 0 Å². The summed E-state index contributed by atoms with van der Waals surface area (Å²) in [5, 5.41) is 13.9. The number of carbonyl (C=O) groups is 1. The Kier molecular flexibility index (Phi) is 7.06. The molecule has 0 saturated carbocycles. The molecule has 10 nitrogen and oxygen atoms in total. The maximum Gasteiger partial charge on any atom is 0.259 e. The first-order valence-corrected chi connectivity index (χ1v) is 10.4. The average molecular weight is 417 g/mol. The van der Waals surface area contributed by atoms with Crippen LogP contribution >= 0.6 is 11.8 Å². The molecule has 0 aliphatic heterocycles. The lowest BCUT2D eigenvalue weighted by Gasteiger charge is -2.10. The summed E-state index contributed by atoms with van der Waals surface area (Å²) in [6.07, 6.45) is 0. The lowest BCUT2D eigenvalue weighted by atomic mass is 10.3. The number of rotatable bonds is 10. The van der Waals surface area contributed by atoms with Crippen molar-refractivity contribution in [3.05, 3.63) is 24.3 Å². The van der Waals surface area contributed by atoms with Crippen LogP contribution in [0, 0.1) is 0 Å². The van der Waals surface area contributed by atoms with E-state index in [0.717, 1.165) is 0 Å². The monoisotopic (exact) mass is 416 g/mol. The summed E-state index contributed by atoms with van der Waals surface area (Å²) < 4.78 is 7.07. The number of hydrogen-bond acceptors (Lipinski definition) is 9. The lowest BCUT2D eigenvalue weighted by molar-refractivity contribution is -0.113. The van der Waals surface area contributed by atoms with E-state index in [-0.39, 0.29) is 11.7 Å². The number of anilines is 3. The second-order valence-corrected chi connectivity index (χ2v) is 6.75. The Bertz CT molecular complexity index is 978. The van der Waals surface area contributed by atoms with E-state index in [0.29, 0.717) is 54.0 Å². The van der Waals surface area contributed by atoms with Crippen molar-refractivity contribution in [2.24, 2.45) is 0 Å². The van der Waals surface area contributed by atoms with Crippen molar-refractivity contribution in [3.8, 4) is 5.75 Å². The minimum absolute atomic E-state index is 0.154. The molecule has 0 bridgehead atoms. The van der Waals surface area contributed by atoms with E-state index < -0.39 is 0 Å². The van der Waals surface area contributed by atoms with E-state index in [2.05, 4.69) is 36.0 Å². The van der Waals surface area contributed by atoms with Crippen molar-refractivity contribution in [2.45, 2.75) is 25.9 Å². The molecule has 3 rings (SSSR count). The molecule has 0 unspecified atom stereocenters. The molecule has 2 aromatic heterocycles. The van der Waals surface area contributed by atoms with E-state index in [4.69, 9.17) is 4.74 Å². The molecule has 29 heavy (non-hydrogen) atoms. The number of nitrogens with zero attached hydrogens (tertiary/aromatic N) is 5. The van der Waals surface area contributed by atoms with Gasteiger partial charge in [0, 0.05) is 13.1 Å². The van der Waals surface area contributed by atoms with Gasteiger partial charge in [0.1, 0.15) is 5.75 Å². The SMILES string of the molecule is CCNc1nc(NCC)n2nc(SCC(=O)Nc3ccccc3OCC)nc2n1. The third-order valence-electron chi connectivity index (χ3n) is 3.65. The van der Waals surface area contributed by atoms with Crippen molar-refractivity contribution >= 4 is 41.0 Å². The third kappa shape index (κ3) is 5.25. The molecule has 2 heterocycles. The Balaban J connectivity index is 1.70. The topological polar surface area (TPSA) is 118 Å². The van der Waals surface area contributed by atoms with Crippen LogP contribution in [0.2, 0.25) is 0 Å². The van der Waals surface area contributed by atoms with Crippen molar-refractivity contribution in [2.75, 3.05) is 41.4 Å². The first kappa shape index (κ1) is 20.6. The highest BCUT2D eigenvalue weighted by atomic mass is 32.2. The minimum Gasteiger partial charge on any atom is -0.492 e. The van der Waals surface area contributed by atoms with Gasteiger partial charge in [0.25, 0.3) is 5.78 Å². The van der Waals surface area contributed by atoms with Gasteiger partial charge in [0.05, 0.1) is 18.0 Å². The van der Waals surface area contributed by atoms with Gasteiger partial charge in [-0.1, -0.05) is 23.9 Å². The number of aromatic nitrogens is 5. The summed E-state index contributed by atoms with van der Waals surface area (Å²) >= 11 is 1.23. The normalized spacial score (nSPS) is 10.7. The van der Waals surface area contributed by atoms with Crippen LogP contribution < -0.4 is 20.7 Å². The summed E-state index contributed by atoms with van der Waals surface area (Å²) in [4.78, 5) is 25.5. The van der Waals surface area contributed by atoms with Gasteiger partial charge in [-0.05, 0) is 32.9 Å². The number of fused-ring (bicyclic) bond motifs is 1. The zero-order chi connectivity index (χ0) is 20.6. The number of nitrogens with one attached hydrogen (secondary N) is 3. The maximum atomic E-state index is 12.4. The van der Waals surface area contributed by atoms with Crippen molar-refractivity contribution < 1.29 is 9.53 Å². The molecule has 0 atom stereocenters. The van der Waals surface area contributed by atoms with Crippen molar-refractivity contribution in [1.29, 1.82) is 0 Å². The molecule has 11 heteroatoms. The van der Waals surface area contributed by atoms with Crippen LogP contribution in [-0.2, 0) is 4.79 Å². The fourth-order valence-electron chi connectivity index (χ4n) is 2.51. The molecular formula is C18H24N8O2S. The molecule has 0 saturated heterocycles. The van der Waals surface area contributed by atoms with Crippen molar-refractivity contribution in [3.63, 3.8) is 0 Å². The first-order chi connectivity index (χ1) is 14.1. The highest BCUT2D eigenvalue weighted by Crippen LogP contribution is 2.24. The van der Waals surface area contributed by atoms with E-state index in [1.807, 2.05) is 39.0 Å². The van der Waals surface area contributed by atoms with Gasteiger partial charge in [0.2, 0.25) is 23.0 Å². The smallest absolute Gasteiger partial charge is 0.259 e. The molecule has 154 valence electrons. The average Bonchev–Trinajstić information content (AvgIpc) is 3.12. The number of thioether (sulfide) groups is 1. The second kappa shape index (κ2) is 9.92. The molecule has 3 N–H and O–H groups in total. The van der Waals surface area contributed by atoms with Gasteiger partial charge in [-0.2, -0.15) is 19.5 Å². The van der Waals surface area contributed by atoms with Crippen molar-refractivity contribution in [1.82, 2.24) is 24.6 Å². The van der Waals surface area contributed by atoms with Crippen LogP contribution in [0.4, 0.5) is 17.6 Å². The zero-order valence-electron chi connectivity index (χ0n) is 16.6. The number of ether oxygens (including phenoxy) is 1. The fraction of sp³-hybridized carbons (Fsp3) is 0.389. The number of para-hydroxylation sites is 2. The molecular weight excluding hydrogens is 392 g/mol. The number of hydrogen-bond donors (Lipinski definition) is 3. The largest absolute Gasteiger partial charge is 0.492 e. The second-order valence-electron chi connectivity index (χ2n) is 5.80. The summed E-state index contributed by atoms with van der Waals surface area (Å²) in [7, 11) is 0. The van der Waals surface area contributed by atoms with Crippen LogP contribution in [0.15, 0.2) is 29.4 Å².